The van der Waals surface area contributed by atoms with Crippen LogP contribution in [0.1, 0.15) is 16.1 Å². The van der Waals surface area contributed by atoms with Gasteiger partial charge in [0.2, 0.25) is 0 Å². The molecule has 0 aliphatic carbocycles. The third-order valence-electron chi connectivity index (χ3n) is 5.23. The summed E-state index contributed by atoms with van der Waals surface area (Å²) in [6.45, 7) is 4.40. The van der Waals surface area contributed by atoms with Crippen LogP contribution in [0.15, 0.2) is 54.9 Å². The first-order chi connectivity index (χ1) is 12.7. The van der Waals surface area contributed by atoms with Gasteiger partial charge >= 0.3 is 0 Å². The first-order valence-electron chi connectivity index (χ1n) is 9.18. The number of benzene rings is 1. The van der Waals surface area contributed by atoms with E-state index in [2.05, 4.69) is 26.6 Å². The van der Waals surface area contributed by atoms with Crippen molar-refractivity contribution >= 4 is 16.8 Å². The molecular formula is C21H24N4O. The normalized spacial score (nSPS) is 15.5. The second-order valence-corrected chi connectivity index (χ2v) is 6.87. The molecule has 5 nitrogen and oxygen atoms in total. The largest absolute Gasteiger partial charge is 0.351 e. The number of pyridine rings is 1. The van der Waals surface area contributed by atoms with E-state index in [0.717, 1.165) is 61.3 Å². The highest BCUT2D eigenvalue weighted by Gasteiger charge is 2.23. The van der Waals surface area contributed by atoms with Gasteiger partial charge in [-0.3, -0.25) is 14.7 Å². The summed E-state index contributed by atoms with van der Waals surface area (Å²) in [6.07, 6.45) is 4.81. The van der Waals surface area contributed by atoms with Crippen molar-refractivity contribution in [2.75, 3.05) is 32.7 Å². The molecule has 3 heterocycles. The van der Waals surface area contributed by atoms with Gasteiger partial charge in [-0.2, -0.15) is 0 Å². The zero-order valence-corrected chi connectivity index (χ0v) is 15.1. The van der Waals surface area contributed by atoms with Gasteiger partial charge in [-0.15, -0.1) is 0 Å². The summed E-state index contributed by atoms with van der Waals surface area (Å²) in [4.78, 5) is 21.8. The average molecular weight is 348 g/mol. The molecule has 0 unspecified atom stereocenters. The minimum Gasteiger partial charge on any atom is -0.351 e. The van der Waals surface area contributed by atoms with Crippen LogP contribution in [0, 0.1) is 0 Å². The summed E-state index contributed by atoms with van der Waals surface area (Å²) in [6, 6.07) is 14.1. The summed E-state index contributed by atoms with van der Waals surface area (Å²) in [7, 11) is 2.01. The average Bonchev–Trinajstić information content (AvgIpc) is 3.08. The number of hydrogen-bond donors (Lipinski definition) is 0. The predicted molar refractivity (Wildman–Crippen MR) is 103 cm³/mol. The highest BCUT2D eigenvalue weighted by atomic mass is 16.2. The molecule has 3 aromatic rings. The fraction of sp³-hybridized carbons (Fsp3) is 0.333. The number of aryl methyl sites for hydroxylation is 1. The minimum atomic E-state index is 0.145. The maximum absolute atomic E-state index is 13.0. The van der Waals surface area contributed by atoms with Gasteiger partial charge in [-0.25, -0.2) is 0 Å². The van der Waals surface area contributed by atoms with E-state index in [0.29, 0.717) is 0 Å². The maximum atomic E-state index is 13.0. The van der Waals surface area contributed by atoms with Crippen molar-refractivity contribution in [3.05, 3.63) is 66.1 Å². The molecule has 1 aromatic carbocycles. The zero-order chi connectivity index (χ0) is 17.9. The quantitative estimate of drug-likeness (QED) is 0.728. The van der Waals surface area contributed by atoms with E-state index in [9.17, 15) is 4.79 Å². The van der Waals surface area contributed by atoms with Crippen LogP contribution < -0.4 is 0 Å². The van der Waals surface area contributed by atoms with Crippen LogP contribution in [0.2, 0.25) is 0 Å². The monoisotopic (exact) mass is 348 g/mol. The Hall–Kier alpha value is -2.66. The molecule has 0 spiro atoms. The van der Waals surface area contributed by atoms with Crippen molar-refractivity contribution in [3.8, 4) is 0 Å². The summed E-state index contributed by atoms with van der Waals surface area (Å²) in [5.41, 5.74) is 3.04. The van der Waals surface area contributed by atoms with Gasteiger partial charge in [0.15, 0.2) is 0 Å². The molecular weight excluding hydrogens is 324 g/mol. The van der Waals surface area contributed by atoms with Crippen LogP contribution in [-0.4, -0.2) is 58.0 Å². The van der Waals surface area contributed by atoms with Crippen LogP contribution in [0.3, 0.4) is 0 Å². The van der Waals surface area contributed by atoms with E-state index in [1.165, 1.54) is 0 Å². The molecule has 1 saturated heterocycles. The number of rotatable bonds is 4. The fourth-order valence-electron chi connectivity index (χ4n) is 3.65. The van der Waals surface area contributed by atoms with Crippen molar-refractivity contribution in [2.45, 2.75) is 6.42 Å². The van der Waals surface area contributed by atoms with Crippen LogP contribution in [0.4, 0.5) is 0 Å². The molecule has 1 amide bonds. The van der Waals surface area contributed by atoms with Crippen LogP contribution in [-0.2, 0) is 13.5 Å². The standard InChI is InChI=1S/C21H24N4O/c1-23-11-9-18-19(6-4-7-20(18)23)21(26)25-15-13-24(14-16-25)12-8-17-5-2-3-10-22-17/h2-7,9-11H,8,12-16H2,1H3. The Bertz CT molecular complexity index is 895. The number of piperazine rings is 1. The molecule has 1 aliphatic heterocycles. The van der Waals surface area contributed by atoms with Crippen molar-refractivity contribution in [3.63, 3.8) is 0 Å². The molecule has 1 aliphatic rings. The maximum Gasteiger partial charge on any atom is 0.254 e. The van der Waals surface area contributed by atoms with E-state index < -0.39 is 0 Å². The summed E-state index contributed by atoms with van der Waals surface area (Å²) in [5.74, 6) is 0.145. The van der Waals surface area contributed by atoms with Gasteiger partial charge in [0.05, 0.1) is 0 Å². The molecule has 4 rings (SSSR count). The minimum absolute atomic E-state index is 0.145. The van der Waals surface area contributed by atoms with Crippen LogP contribution >= 0.6 is 0 Å². The summed E-state index contributed by atoms with van der Waals surface area (Å²) >= 11 is 0. The van der Waals surface area contributed by atoms with Gasteiger partial charge in [0.1, 0.15) is 0 Å². The lowest BCUT2D eigenvalue weighted by molar-refractivity contribution is 0.0640. The van der Waals surface area contributed by atoms with E-state index in [1.54, 1.807) is 0 Å². The molecule has 0 N–H and O–H groups in total. The summed E-state index contributed by atoms with van der Waals surface area (Å²) in [5, 5.41) is 1.04. The molecule has 0 radical (unpaired) electrons. The Morgan fingerprint density at radius 2 is 1.88 bits per heavy atom. The van der Waals surface area contributed by atoms with E-state index in [-0.39, 0.29) is 5.91 Å². The lowest BCUT2D eigenvalue weighted by atomic mass is 10.1. The number of aromatic nitrogens is 2. The first-order valence-corrected chi connectivity index (χ1v) is 9.18. The number of carbonyl (C=O) groups is 1. The zero-order valence-electron chi connectivity index (χ0n) is 15.1. The van der Waals surface area contributed by atoms with Crippen molar-refractivity contribution < 1.29 is 4.79 Å². The Kier molecular flexibility index (Phi) is 4.71. The van der Waals surface area contributed by atoms with E-state index in [1.807, 2.05) is 54.7 Å². The molecule has 134 valence electrons. The highest BCUT2D eigenvalue weighted by molar-refractivity contribution is 6.06. The predicted octanol–water partition coefficient (Wildman–Crippen LogP) is 2.57. The van der Waals surface area contributed by atoms with Gasteiger partial charge in [-0.1, -0.05) is 12.1 Å². The van der Waals surface area contributed by atoms with Crippen molar-refractivity contribution in [1.29, 1.82) is 0 Å². The van der Waals surface area contributed by atoms with Gasteiger partial charge in [-0.05, 0) is 30.3 Å². The third kappa shape index (κ3) is 3.35. The number of carbonyl (C=O) groups excluding carboxylic acids is 1. The Morgan fingerprint density at radius 3 is 2.65 bits per heavy atom. The Morgan fingerprint density at radius 1 is 1.04 bits per heavy atom. The fourth-order valence-corrected chi connectivity index (χ4v) is 3.65. The summed E-state index contributed by atoms with van der Waals surface area (Å²) < 4.78 is 2.06. The topological polar surface area (TPSA) is 41.4 Å². The van der Waals surface area contributed by atoms with Crippen molar-refractivity contribution in [1.82, 2.24) is 19.4 Å². The lowest BCUT2D eigenvalue weighted by Crippen LogP contribution is -2.49. The molecule has 0 saturated carbocycles. The van der Waals surface area contributed by atoms with Gasteiger partial charge in [0, 0.05) is 80.7 Å². The highest BCUT2D eigenvalue weighted by Crippen LogP contribution is 2.21. The Labute approximate surface area is 153 Å². The smallest absolute Gasteiger partial charge is 0.254 e. The number of amides is 1. The number of nitrogens with zero attached hydrogens (tertiary/aromatic N) is 4. The molecule has 0 bridgehead atoms. The Balaban J connectivity index is 1.37. The molecule has 2 aromatic heterocycles. The van der Waals surface area contributed by atoms with E-state index in [4.69, 9.17) is 0 Å². The SMILES string of the molecule is Cn1ccc2c(C(=O)N3CCN(CCc4ccccn4)CC3)cccc21. The second-order valence-electron chi connectivity index (χ2n) is 6.87. The number of fused-ring (bicyclic) bond motifs is 1. The first kappa shape index (κ1) is 16.8. The number of hydrogen-bond acceptors (Lipinski definition) is 3. The van der Waals surface area contributed by atoms with Crippen LogP contribution in [0.25, 0.3) is 10.9 Å². The molecule has 5 heteroatoms. The van der Waals surface area contributed by atoms with E-state index >= 15 is 0 Å². The van der Waals surface area contributed by atoms with Gasteiger partial charge in [0.25, 0.3) is 5.91 Å². The second kappa shape index (κ2) is 7.30. The van der Waals surface area contributed by atoms with Gasteiger partial charge < -0.3 is 9.47 Å². The molecule has 26 heavy (non-hydrogen) atoms. The van der Waals surface area contributed by atoms with Crippen LogP contribution in [0.5, 0.6) is 0 Å². The molecule has 1 fully saturated rings. The third-order valence-corrected chi connectivity index (χ3v) is 5.23. The van der Waals surface area contributed by atoms with Crippen molar-refractivity contribution in [2.24, 2.45) is 7.05 Å². The molecule has 0 atom stereocenters. The lowest BCUT2D eigenvalue weighted by Gasteiger charge is -2.34.